The lowest BCUT2D eigenvalue weighted by molar-refractivity contribution is 0.209. The molecule has 2 aromatic carbocycles. The standard InChI is InChI=1S/C28H36N4/c1-23-10-12-24(13-11-23)28-22-31(21-27-9-6-14-29(27)2)20-25(28)19-30-15-17-32(18-16-30)26-7-4-3-5-8-26/h3-14,25,28H,15-22H2,1-2H3/t25-,28+/m0/s1. The molecule has 0 unspecified atom stereocenters. The maximum absolute atomic E-state index is 2.71. The predicted octanol–water partition coefficient (Wildman–Crippen LogP) is 4.37. The molecule has 0 spiro atoms. The first kappa shape index (κ1) is 21.3. The number of piperazine rings is 1. The monoisotopic (exact) mass is 428 g/mol. The molecule has 2 fully saturated rings. The fraction of sp³-hybridized carbons (Fsp3) is 0.429. The third-order valence-electron chi connectivity index (χ3n) is 7.45. The molecule has 3 aromatic rings. The van der Waals surface area contributed by atoms with Crippen molar-refractivity contribution in [2.24, 2.45) is 13.0 Å². The van der Waals surface area contributed by atoms with Crippen LogP contribution < -0.4 is 4.90 Å². The van der Waals surface area contributed by atoms with Crippen molar-refractivity contribution < 1.29 is 0 Å². The minimum Gasteiger partial charge on any atom is -0.369 e. The van der Waals surface area contributed by atoms with E-state index in [0.29, 0.717) is 11.8 Å². The second-order valence-corrected chi connectivity index (χ2v) is 9.70. The van der Waals surface area contributed by atoms with E-state index in [1.54, 1.807) is 0 Å². The summed E-state index contributed by atoms with van der Waals surface area (Å²) in [5, 5.41) is 0. The Hall–Kier alpha value is -2.56. The summed E-state index contributed by atoms with van der Waals surface area (Å²) in [7, 11) is 2.16. The third kappa shape index (κ3) is 4.77. The highest BCUT2D eigenvalue weighted by Gasteiger charge is 2.35. The van der Waals surface area contributed by atoms with Crippen LogP contribution in [0.1, 0.15) is 22.7 Å². The Morgan fingerprint density at radius 2 is 1.53 bits per heavy atom. The zero-order valence-corrected chi connectivity index (χ0v) is 19.5. The number of anilines is 1. The van der Waals surface area contributed by atoms with Gasteiger partial charge in [-0.2, -0.15) is 0 Å². The van der Waals surface area contributed by atoms with Crippen LogP contribution >= 0.6 is 0 Å². The molecule has 0 aliphatic carbocycles. The van der Waals surface area contributed by atoms with Crippen molar-refractivity contribution in [3.8, 4) is 0 Å². The van der Waals surface area contributed by atoms with Gasteiger partial charge in [0.1, 0.15) is 0 Å². The van der Waals surface area contributed by atoms with E-state index in [4.69, 9.17) is 0 Å². The largest absolute Gasteiger partial charge is 0.369 e. The summed E-state index contributed by atoms with van der Waals surface area (Å²) < 4.78 is 2.26. The summed E-state index contributed by atoms with van der Waals surface area (Å²) in [5.74, 6) is 1.30. The Morgan fingerprint density at radius 1 is 0.781 bits per heavy atom. The Balaban J connectivity index is 1.26. The van der Waals surface area contributed by atoms with E-state index in [2.05, 4.69) is 106 Å². The molecule has 2 atom stereocenters. The fourth-order valence-electron chi connectivity index (χ4n) is 5.51. The second-order valence-electron chi connectivity index (χ2n) is 9.70. The molecular formula is C28H36N4. The molecule has 3 heterocycles. The maximum Gasteiger partial charge on any atom is 0.0387 e. The third-order valence-corrected chi connectivity index (χ3v) is 7.45. The second kappa shape index (κ2) is 9.51. The number of aromatic nitrogens is 1. The van der Waals surface area contributed by atoms with Crippen LogP contribution in [0.3, 0.4) is 0 Å². The maximum atomic E-state index is 2.71. The first-order valence-corrected chi connectivity index (χ1v) is 12.1. The Bertz CT molecular complexity index is 986. The lowest BCUT2D eigenvalue weighted by Crippen LogP contribution is -2.48. The van der Waals surface area contributed by atoms with Crippen molar-refractivity contribution in [2.45, 2.75) is 19.4 Å². The van der Waals surface area contributed by atoms with Crippen LogP contribution in [0.4, 0.5) is 5.69 Å². The van der Waals surface area contributed by atoms with Gasteiger partial charge in [-0.25, -0.2) is 0 Å². The predicted molar refractivity (Wildman–Crippen MR) is 133 cm³/mol. The smallest absolute Gasteiger partial charge is 0.0387 e. The normalized spacial score (nSPS) is 22.5. The van der Waals surface area contributed by atoms with Crippen molar-refractivity contribution in [3.63, 3.8) is 0 Å². The summed E-state index contributed by atoms with van der Waals surface area (Å²) in [5.41, 5.74) is 5.63. The van der Waals surface area contributed by atoms with Crippen LogP contribution in [0.15, 0.2) is 72.9 Å². The van der Waals surface area contributed by atoms with Gasteiger partial charge in [0.05, 0.1) is 0 Å². The molecule has 0 saturated carbocycles. The lowest BCUT2D eigenvalue weighted by atomic mass is 9.88. The average Bonchev–Trinajstić information content (AvgIpc) is 3.41. The lowest BCUT2D eigenvalue weighted by Gasteiger charge is -2.38. The SMILES string of the molecule is Cc1ccc([C@H]2CN(Cc3cccn3C)C[C@@H]2CN2CCN(c3ccccc3)CC2)cc1. The summed E-state index contributed by atoms with van der Waals surface area (Å²) in [6.07, 6.45) is 2.16. The summed E-state index contributed by atoms with van der Waals surface area (Å²) in [6, 6.07) is 24.6. The highest BCUT2D eigenvalue weighted by molar-refractivity contribution is 5.46. The van der Waals surface area contributed by atoms with Crippen molar-refractivity contribution >= 4 is 5.69 Å². The molecule has 4 heteroatoms. The van der Waals surface area contributed by atoms with Gasteiger partial charge in [0.2, 0.25) is 0 Å². The molecular weight excluding hydrogens is 392 g/mol. The molecule has 0 N–H and O–H groups in total. The summed E-state index contributed by atoms with van der Waals surface area (Å²) in [6.45, 7) is 11.3. The molecule has 0 amide bonds. The van der Waals surface area contributed by atoms with Crippen LogP contribution in [-0.4, -0.2) is 60.2 Å². The van der Waals surface area contributed by atoms with Crippen LogP contribution in [0.5, 0.6) is 0 Å². The number of nitrogens with zero attached hydrogens (tertiary/aromatic N) is 4. The molecule has 0 radical (unpaired) electrons. The van der Waals surface area contributed by atoms with Crippen molar-refractivity contribution in [2.75, 3.05) is 50.7 Å². The van der Waals surface area contributed by atoms with Crippen LogP contribution in [-0.2, 0) is 13.6 Å². The average molecular weight is 429 g/mol. The van der Waals surface area contributed by atoms with Gasteiger partial charge in [0.15, 0.2) is 0 Å². The van der Waals surface area contributed by atoms with Gasteiger partial charge in [-0.05, 0) is 42.7 Å². The van der Waals surface area contributed by atoms with Crippen molar-refractivity contribution in [1.82, 2.24) is 14.4 Å². The van der Waals surface area contributed by atoms with Crippen molar-refractivity contribution in [3.05, 3.63) is 89.7 Å². The minimum atomic E-state index is 0.614. The zero-order chi connectivity index (χ0) is 21.9. The molecule has 4 nitrogen and oxygen atoms in total. The van der Waals surface area contributed by atoms with E-state index in [1.165, 1.54) is 35.6 Å². The van der Waals surface area contributed by atoms with Crippen LogP contribution in [0.25, 0.3) is 0 Å². The molecule has 168 valence electrons. The number of likely N-dealkylation sites (tertiary alicyclic amines) is 1. The Kier molecular flexibility index (Phi) is 6.33. The number of benzene rings is 2. The van der Waals surface area contributed by atoms with Crippen molar-refractivity contribution in [1.29, 1.82) is 0 Å². The minimum absolute atomic E-state index is 0.614. The molecule has 0 bridgehead atoms. The molecule has 1 aromatic heterocycles. The first-order chi connectivity index (χ1) is 15.7. The van der Waals surface area contributed by atoms with E-state index < -0.39 is 0 Å². The number of aryl methyl sites for hydroxylation is 2. The first-order valence-electron chi connectivity index (χ1n) is 12.1. The van der Waals surface area contributed by atoms with E-state index in [9.17, 15) is 0 Å². The number of rotatable bonds is 6. The number of hydrogen-bond donors (Lipinski definition) is 0. The molecule has 5 rings (SSSR count). The Morgan fingerprint density at radius 3 is 2.22 bits per heavy atom. The quantitative estimate of drug-likeness (QED) is 0.579. The Labute approximate surface area is 193 Å². The van der Waals surface area contributed by atoms with E-state index in [1.807, 2.05) is 0 Å². The van der Waals surface area contributed by atoms with Gasteiger partial charge in [-0.1, -0.05) is 48.0 Å². The van der Waals surface area contributed by atoms with E-state index in [0.717, 1.165) is 39.3 Å². The van der Waals surface area contributed by atoms with E-state index in [-0.39, 0.29) is 0 Å². The highest BCUT2D eigenvalue weighted by Crippen LogP contribution is 2.34. The zero-order valence-electron chi connectivity index (χ0n) is 19.5. The van der Waals surface area contributed by atoms with Crippen LogP contribution in [0, 0.1) is 12.8 Å². The summed E-state index contributed by atoms with van der Waals surface area (Å²) in [4.78, 5) is 7.91. The molecule has 2 aliphatic rings. The van der Waals surface area contributed by atoms with Gasteiger partial charge < -0.3 is 9.47 Å². The number of para-hydroxylation sites is 1. The summed E-state index contributed by atoms with van der Waals surface area (Å²) >= 11 is 0. The van der Waals surface area contributed by atoms with Gasteiger partial charge in [0.25, 0.3) is 0 Å². The van der Waals surface area contributed by atoms with E-state index >= 15 is 0 Å². The number of hydrogen-bond acceptors (Lipinski definition) is 3. The highest BCUT2D eigenvalue weighted by atomic mass is 15.3. The molecule has 32 heavy (non-hydrogen) atoms. The molecule has 2 aliphatic heterocycles. The van der Waals surface area contributed by atoms with Gasteiger partial charge in [0, 0.05) is 82.9 Å². The van der Waals surface area contributed by atoms with Crippen LogP contribution in [0.2, 0.25) is 0 Å². The molecule has 2 saturated heterocycles. The fourth-order valence-corrected chi connectivity index (χ4v) is 5.51. The van der Waals surface area contributed by atoms with Gasteiger partial charge in [-0.15, -0.1) is 0 Å². The van der Waals surface area contributed by atoms with Gasteiger partial charge >= 0.3 is 0 Å². The van der Waals surface area contributed by atoms with Gasteiger partial charge in [-0.3, -0.25) is 9.80 Å². The topological polar surface area (TPSA) is 14.7 Å².